The lowest BCUT2D eigenvalue weighted by Gasteiger charge is -2.44. The molecule has 2 aliphatic rings. The van der Waals surface area contributed by atoms with Crippen LogP contribution in [0.1, 0.15) is 24.8 Å². The molecule has 1 atom stereocenters. The number of hydrogen-bond acceptors (Lipinski definition) is 2. The number of fused-ring (bicyclic) bond motifs is 1. The summed E-state index contributed by atoms with van der Waals surface area (Å²) >= 11 is 3.47. The summed E-state index contributed by atoms with van der Waals surface area (Å²) in [6.45, 7) is 5.66. The minimum Gasteiger partial charge on any atom is -0.298 e. The van der Waals surface area contributed by atoms with Crippen LogP contribution in [0.5, 0.6) is 0 Å². The maximum absolute atomic E-state index is 13.1. The van der Waals surface area contributed by atoms with Crippen molar-refractivity contribution in [2.45, 2.75) is 31.8 Å². The molecule has 1 aromatic carbocycles. The van der Waals surface area contributed by atoms with Gasteiger partial charge in [0.1, 0.15) is 5.82 Å². The second-order valence-corrected chi connectivity index (χ2v) is 6.51. The Morgan fingerprint density at radius 3 is 2.95 bits per heavy atom. The number of benzene rings is 1. The summed E-state index contributed by atoms with van der Waals surface area (Å²) in [5.74, 6) is -0.173. The molecule has 0 bridgehead atoms. The van der Waals surface area contributed by atoms with Crippen LogP contribution in [0.25, 0.3) is 0 Å². The molecule has 4 heteroatoms. The van der Waals surface area contributed by atoms with Crippen molar-refractivity contribution in [2.75, 3.05) is 26.2 Å². The van der Waals surface area contributed by atoms with Crippen LogP contribution < -0.4 is 0 Å². The van der Waals surface area contributed by atoms with Crippen LogP contribution in [0.2, 0.25) is 0 Å². The Hall–Kier alpha value is -0.450. The minimum atomic E-state index is -0.173. The van der Waals surface area contributed by atoms with Crippen LogP contribution in [-0.4, -0.2) is 42.0 Å². The van der Waals surface area contributed by atoms with Crippen LogP contribution >= 0.6 is 15.9 Å². The molecule has 2 fully saturated rings. The summed E-state index contributed by atoms with van der Waals surface area (Å²) in [5, 5.41) is 0. The van der Waals surface area contributed by atoms with E-state index in [4.69, 9.17) is 0 Å². The molecule has 3 rings (SSSR count). The first-order chi connectivity index (χ1) is 9.22. The van der Waals surface area contributed by atoms with Crippen LogP contribution in [-0.2, 0) is 6.54 Å². The average molecular weight is 327 g/mol. The lowest BCUT2D eigenvalue weighted by atomic mass is 9.99. The van der Waals surface area contributed by atoms with E-state index in [9.17, 15) is 4.39 Å². The number of halogens is 2. The standard InChI is InChI=1S/C15H20BrFN2/c16-15-9-13(17)5-4-12(15)10-18-7-8-19-6-2-1-3-14(19)11-18/h4-5,9,14H,1-3,6-8,10-11H2. The smallest absolute Gasteiger partial charge is 0.124 e. The molecule has 0 spiro atoms. The molecule has 2 saturated heterocycles. The van der Waals surface area contributed by atoms with Crippen LogP contribution in [0, 0.1) is 5.82 Å². The van der Waals surface area contributed by atoms with Crippen molar-refractivity contribution < 1.29 is 4.39 Å². The van der Waals surface area contributed by atoms with Gasteiger partial charge in [0.15, 0.2) is 0 Å². The summed E-state index contributed by atoms with van der Waals surface area (Å²) in [4.78, 5) is 5.14. The van der Waals surface area contributed by atoms with E-state index in [0.717, 1.165) is 30.1 Å². The molecule has 0 saturated carbocycles. The Morgan fingerprint density at radius 1 is 1.21 bits per heavy atom. The molecule has 104 valence electrons. The summed E-state index contributed by atoms with van der Waals surface area (Å²) in [6.07, 6.45) is 4.07. The predicted molar refractivity (Wildman–Crippen MR) is 78.6 cm³/mol. The zero-order valence-corrected chi connectivity index (χ0v) is 12.7. The van der Waals surface area contributed by atoms with E-state index in [2.05, 4.69) is 25.7 Å². The predicted octanol–water partition coefficient (Wildman–Crippen LogP) is 3.26. The lowest BCUT2D eigenvalue weighted by molar-refractivity contribution is 0.0456. The van der Waals surface area contributed by atoms with Gasteiger partial charge in [-0.1, -0.05) is 28.4 Å². The number of piperidine rings is 1. The summed E-state index contributed by atoms with van der Waals surface area (Å²) in [6, 6.07) is 5.75. The first kappa shape index (κ1) is 13.5. The Balaban J connectivity index is 1.64. The molecule has 0 aromatic heterocycles. The Labute approximate surface area is 122 Å². The number of piperazine rings is 1. The molecule has 1 unspecified atom stereocenters. The molecular weight excluding hydrogens is 307 g/mol. The monoisotopic (exact) mass is 326 g/mol. The maximum Gasteiger partial charge on any atom is 0.124 e. The van der Waals surface area contributed by atoms with Gasteiger partial charge in [-0.15, -0.1) is 0 Å². The third kappa shape index (κ3) is 3.18. The van der Waals surface area contributed by atoms with Crippen molar-refractivity contribution >= 4 is 15.9 Å². The number of rotatable bonds is 2. The van der Waals surface area contributed by atoms with Crippen molar-refractivity contribution in [1.82, 2.24) is 9.80 Å². The van der Waals surface area contributed by atoms with Gasteiger partial charge in [-0.2, -0.15) is 0 Å². The first-order valence-electron chi connectivity index (χ1n) is 7.13. The van der Waals surface area contributed by atoms with Gasteiger partial charge in [0.2, 0.25) is 0 Å². The average Bonchev–Trinajstić information content (AvgIpc) is 2.42. The van der Waals surface area contributed by atoms with Crippen LogP contribution in [0.15, 0.2) is 22.7 Å². The highest BCUT2D eigenvalue weighted by Crippen LogP contribution is 2.24. The fraction of sp³-hybridized carbons (Fsp3) is 0.600. The fourth-order valence-electron chi connectivity index (χ4n) is 3.25. The molecule has 2 nitrogen and oxygen atoms in total. The summed E-state index contributed by atoms with van der Waals surface area (Å²) < 4.78 is 14.0. The zero-order chi connectivity index (χ0) is 13.2. The topological polar surface area (TPSA) is 6.48 Å². The Bertz CT molecular complexity index is 452. The molecular formula is C15H20BrFN2. The zero-order valence-electron chi connectivity index (χ0n) is 11.1. The second kappa shape index (κ2) is 5.90. The Morgan fingerprint density at radius 2 is 2.11 bits per heavy atom. The SMILES string of the molecule is Fc1ccc(CN2CCN3CCCCC3C2)c(Br)c1. The van der Waals surface area contributed by atoms with E-state index < -0.39 is 0 Å². The van der Waals surface area contributed by atoms with Crippen LogP contribution in [0.3, 0.4) is 0 Å². The maximum atomic E-state index is 13.1. The van der Waals surface area contributed by atoms with Crippen molar-refractivity contribution in [1.29, 1.82) is 0 Å². The van der Waals surface area contributed by atoms with E-state index >= 15 is 0 Å². The summed E-state index contributed by atoms with van der Waals surface area (Å²) in [5.41, 5.74) is 1.19. The molecule has 0 aliphatic carbocycles. The number of nitrogens with zero attached hydrogens (tertiary/aromatic N) is 2. The quantitative estimate of drug-likeness (QED) is 0.823. The highest BCUT2D eigenvalue weighted by atomic mass is 79.9. The van der Waals surface area contributed by atoms with Crippen molar-refractivity contribution in [3.63, 3.8) is 0 Å². The lowest BCUT2D eigenvalue weighted by Crippen LogP contribution is -2.54. The van der Waals surface area contributed by atoms with E-state index in [1.54, 1.807) is 12.1 Å². The fourth-order valence-corrected chi connectivity index (χ4v) is 3.73. The van der Waals surface area contributed by atoms with Gasteiger partial charge in [-0.25, -0.2) is 4.39 Å². The highest BCUT2D eigenvalue weighted by molar-refractivity contribution is 9.10. The van der Waals surface area contributed by atoms with E-state index in [1.807, 2.05) is 6.07 Å². The van der Waals surface area contributed by atoms with Gasteiger partial charge in [0.05, 0.1) is 0 Å². The van der Waals surface area contributed by atoms with E-state index in [-0.39, 0.29) is 5.82 Å². The molecule has 19 heavy (non-hydrogen) atoms. The Kier molecular flexibility index (Phi) is 4.20. The van der Waals surface area contributed by atoms with Crippen molar-refractivity contribution in [2.24, 2.45) is 0 Å². The molecule has 2 aliphatic heterocycles. The van der Waals surface area contributed by atoms with Gasteiger partial charge in [-0.3, -0.25) is 9.80 Å². The van der Waals surface area contributed by atoms with Gasteiger partial charge < -0.3 is 0 Å². The first-order valence-corrected chi connectivity index (χ1v) is 7.92. The molecule has 2 heterocycles. The third-order valence-electron chi connectivity index (χ3n) is 4.33. The van der Waals surface area contributed by atoms with E-state index in [1.165, 1.54) is 37.9 Å². The van der Waals surface area contributed by atoms with E-state index in [0.29, 0.717) is 0 Å². The van der Waals surface area contributed by atoms with Crippen LogP contribution in [0.4, 0.5) is 4.39 Å². The van der Waals surface area contributed by atoms with Gasteiger partial charge in [-0.05, 0) is 37.1 Å². The van der Waals surface area contributed by atoms with Gasteiger partial charge in [0.25, 0.3) is 0 Å². The molecule has 0 radical (unpaired) electrons. The van der Waals surface area contributed by atoms with Crippen molar-refractivity contribution in [3.05, 3.63) is 34.1 Å². The normalized spacial score (nSPS) is 25.3. The molecule has 0 N–H and O–H groups in total. The molecule has 0 amide bonds. The second-order valence-electron chi connectivity index (χ2n) is 5.66. The van der Waals surface area contributed by atoms with Crippen molar-refractivity contribution in [3.8, 4) is 0 Å². The van der Waals surface area contributed by atoms with Gasteiger partial charge >= 0.3 is 0 Å². The number of hydrogen-bond donors (Lipinski definition) is 0. The highest BCUT2D eigenvalue weighted by Gasteiger charge is 2.28. The summed E-state index contributed by atoms with van der Waals surface area (Å²) in [7, 11) is 0. The molecule has 1 aromatic rings. The van der Waals surface area contributed by atoms with Gasteiger partial charge in [0, 0.05) is 36.7 Å². The minimum absolute atomic E-state index is 0.173. The largest absolute Gasteiger partial charge is 0.298 e. The third-order valence-corrected chi connectivity index (χ3v) is 5.07.